The van der Waals surface area contributed by atoms with Gasteiger partial charge < -0.3 is 9.47 Å². The van der Waals surface area contributed by atoms with Crippen LogP contribution in [0.15, 0.2) is 53.4 Å². The summed E-state index contributed by atoms with van der Waals surface area (Å²) >= 11 is 0. The number of ketones is 1. The van der Waals surface area contributed by atoms with Crippen molar-refractivity contribution in [1.82, 2.24) is 4.31 Å². The van der Waals surface area contributed by atoms with Crippen LogP contribution in [0.2, 0.25) is 0 Å². The van der Waals surface area contributed by atoms with Gasteiger partial charge in [0.15, 0.2) is 5.78 Å². The summed E-state index contributed by atoms with van der Waals surface area (Å²) < 4.78 is 37.0. The van der Waals surface area contributed by atoms with Crippen LogP contribution in [0.3, 0.4) is 0 Å². The van der Waals surface area contributed by atoms with Crippen molar-refractivity contribution < 1.29 is 27.5 Å². The molecule has 1 aliphatic rings. The summed E-state index contributed by atoms with van der Waals surface area (Å²) in [5.41, 5.74) is 0.787. The number of Topliss-reactive ketones (excluding diaryl/α,β-unsaturated/α-hetero) is 1. The van der Waals surface area contributed by atoms with Crippen LogP contribution in [-0.2, 0) is 14.8 Å². The predicted molar refractivity (Wildman–Crippen MR) is 102 cm³/mol. The zero-order valence-corrected chi connectivity index (χ0v) is 16.3. The lowest BCUT2D eigenvalue weighted by Crippen LogP contribution is -2.40. The fraction of sp³-hybridized carbons (Fsp3) is 0.300. The van der Waals surface area contributed by atoms with Gasteiger partial charge in [-0.1, -0.05) is 6.92 Å². The van der Waals surface area contributed by atoms with Gasteiger partial charge in [0.05, 0.1) is 23.7 Å². The van der Waals surface area contributed by atoms with Crippen LogP contribution in [-0.4, -0.2) is 50.8 Å². The molecule has 148 valence electrons. The maximum absolute atomic E-state index is 12.6. The first-order valence-electron chi connectivity index (χ1n) is 8.95. The summed E-state index contributed by atoms with van der Waals surface area (Å²) in [6.07, 6.45) is 0.402. The third kappa shape index (κ3) is 4.46. The van der Waals surface area contributed by atoms with E-state index in [-0.39, 0.29) is 16.2 Å². The van der Waals surface area contributed by atoms with Crippen LogP contribution in [0.5, 0.6) is 5.75 Å². The number of esters is 1. The fourth-order valence-corrected chi connectivity index (χ4v) is 4.19. The number of morpholine rings is 1. The molecule has 0 N–H and O–H groups in total. The molecule has 0 spiro atoms. The van der Waals surface area contributed by atoms with Crippen molar-refractivity contribution in [3.05, 3.63) is 59.7 Å². The highest BCUT2D eigenvalue weighted by atomic mass is 32.2. The zero-order valence-electron chi connectivity index (χ0n) is 15.5. The molecule has 0 unspecified atom stereocenters. The van der Waals surface area contributed by atoms with E-state index in [0.29, 0.717) is 44.0 Å². The van der Waals surface area contributed by atoms with Crippen molar-refractivity contribution in [3.8, 4) is 5.75 Å². The third-order valence-corrected chi connectivity index (χ3v) is 6.32. The molecule has 0 radical (unpaired) electrons. The molecule has 0 atom stereocenters. The minimum absolute atomic E-state index is 0.00921. The first-order valence-corrected chi connectivity index (χ1v) is 10.4. The van der Waals surface area contributed by atoms with E-state index in [2.05, 4.69) is 0 Å². The second-order valence-corrected chi connectivity index (χ2v) is 8.17. The van der Waals surface area contributed by atoms with E-state index in [1.165, 1.54) is 28.6 Å². The van der Waals surface area contributed by atoms with Crippen molar-refractivity contribution >= 4 is 21.8 Å². The average molecular weight is 403 g/mol. The SMILES string of the molecule is CCC(=O)c1ccc(OC(=O)c2ccc(S(=O)(=O)N3CCOCC3)cc2)cc1. The molecule has 0 amide bonds. The molecule has 0 bridgehead atoms. The van der Waals surface area contributed by atoms with Gasteiger partial charge in [-0.15, -0.1) is 0 Å². The number of carbonyl (C=O) groups excluding carboxylic acids is 2. The molecule has 1 saturated heterocycles. The monoisotopic (exact) mass is 403 g/mol. The molecular formula is C20H21NO6S. The standard InChI is InChI=1S/C20H21NO6S/c1-2-19(22)15-3-7-17(8-4-15)27-20(23)16-5-9-18(10-6-16)28(24,25)21-11-13-26-14-12-21/h3-10H,2,11-14H2,1H3. The van der Waals surface area contributed by atoms with E-state index >= 15 is 0 Å². The molecule has 7 nitrogen and oxygen atoms in total. The molecule has 8 heteroatoms. The van der Waals surface area contributed by atoms with Crippen molar-refractivity contribution in [1.29, 1.82) is 0 Å². The number of nitrogens with zero attached hydrogens (tertiary/aromatic N) is 1. The van der Waals surface area contributed by atoms with E-state index in [1.807, 2.05) is 0 Å². The topological polar surface area (TPSA) is 90.0 Å². The number of sulfonamides is 1. The average Bonchev–Trinajstić information content (AvgIpc) is 2.74. The molecular weight excluding hydrogens is 382 g/mol. The van der Waals surface area contributed by atoms with Gasteiger partial charge in [0, 0.05) is 25.1 Å². The molecule has 0 aromatic heterocycles. The Bertz CT molecular complexity index is 945. The van der Waals surface area contributed by atoms with Crippen LogP contribution in [0, 0.1) is 0 Å². The molecule has 3 rings (SSSR count). The molecule has 1 fully saturated rings. The first-order chi connectivity index (χ1) is 13.4. The Morgan fingerprint density at radius 3 is 2.11 bits per heavy atom. The molecule has 1 heterocycles. The number of ether oxygens (including phenoxy) is 2. The van der Waals surface area contributed by atoms with Crippen molar-refractivity contribution in [2.45, 2.75) is 18.2 Å². The number of carbonyl (C=O) groups is 2. The number of hydrogen-bond donors (Lipinski definition) is 0. The van der Waals surface area contributed by atoms with Crippen LogP contribution in [0.1, 0.15) is 34.1 Å². The van der Waals surface area contributed by atoms with E-state index in [1.54, 1.807) is 31.2 Å². The van der Waals surface area contributed by atoms with E-state index < -0.39 is 16.0 Å². The van der Waals surface area contributed by atoms with Crippen LogP contribution in [0.4, 0.5) is 0 Å². The summed E-state index contributed by atoms with van der Waals surface area (Å²) in [5, 5.41) is 0. The van der Waals surface area contributed by atoms with Crippen LogP contribution < -0.4 is 4.74 Å². The van der Waals surface area contributed by atoms with E-state index in [9.17, 15) is 18.0 Å². The van der Waals surface area contributed by atoms with E-state index in [0.717, 1.165) is 0 Å². The van der Waals surface area contributed by atoms with Crippen molar-refractivity contribution in [2.24, 2.45) is 0 Å². The van der Waals surface area contributed by atoms with Gasteiger partial charge in [-0.3, -0.25) is 4.79 Å². The van der Waals surface area contributed by atoms with Gasteiger partial charge in [0.2, 0.25) is 10.0 Å². The first kappa shape index (κ1) is 20.2. The maximum atomic E-state index is 12.6. The van der Waals surface area contributed by atoms with Crippen molar-refractivity contribution in [3.63, 3.8) is 0 Å². The Labute approximate surface area is 163 Å². The lowest BCUT2D eigenvalue weighted by atomic mass is 10.1. The highest BCUT2D eigenvalue weighted by Crippen LogP contribution is 2.19. The molecule has 0 aliphatic carbocycles. The highest BCUT2D eigenvalue weighted by Gasteiger charge is 2.26. The second kappa shape index (κ2) is 8.64. The Morgan fingerprint density at radius 1 is 0.964 bits per heavy atom. The lowest BCUT2D eigenvalue weighted by molar-refractivity contribution is 0.0730. The Morgan fingerprint density at radius 2 is 1.54 bits per heavy atom. The van der Waals surface area contributed by atoms with Crippen molar-refractivity contribution in [2.75, 3.05) is 26.3 Å². The summed E-state index contributed by atoms with van der Waals surface area (Å²) in [4.78, 5) is 24.0. The third-order valence-electron chi connectivity index (χ3n) is 4.41. The van der Waals surface area contributed by atoms with Gasteiger partial charge in [0.25, 0.3) is 0 Å². The Balaban J connectivity index is 1.69. The molecule has 2 aromatic carbocycles. The lowest BCUT2D eigenvalue weighted by Gasteiger charge is -2.26. The Kier molecular flexibility index (Phi) is 6.23. The molecule has 1 aliphatic heterocycles. The summed E-state index contributed by atoms with van der Waals surface area (Å²) in [7, 11) is -3.61. The quantitative estimate of drug-likeness (QED) is 0.418. The van der Waals surface area contributed by atoms with Gasteiger partial charge in [0.1, 0.15) is 5.75 Å². The largest absolute Gasteiger partial charge is 0.423 e. The van der Waals surface area contributed by atoms with Gasteiger partial charge in [-0.2, -0.15) is 4.31 Å². The maximum Gasteiger partial charge on any atom is 0.343 e. The normalized spacial score (nSPS) is 15.2. The summed E-state index contributed by atoms with van der Waals surface area (Å²) in [6, 6.07) is 11.9. The van der Waals surface area contributed by atoms with Crippen LogP contribution in [0.25, 0.3) is 0 Å². The Hall–Kier alpha value is -2.55. The van der Waals surface area contributed by atoms with Gasteiger partial charge >= 0.3 is 5.97 Å². The summed E-state index contributed by atoms with van der Waals surface area (Å²) in [6.45, 7) is 3.13. The molecule has 2 aromatic rings. The minimum atomic E-state index is -3.61. The highest BCUT2D eigenvalue weighted by molar-refractivity contribution is 7.89. The van der Waals surface area contributed by atoms with Gasteiger partial charge in [-0.25, -0.2) is 13.2 Å². The van der Waals surface area contributed by atoms with Crippen LogP contribution >= 0.6 is 0 Å². The predicted octanol–water partition coefficient (Wildman–Crippen LogP) is 2.52. The number of benzene rings is 2. The smallest absolute Gasteiger partial charge is 0.343 e. The minimum Gasteiger partial charge on any atom is -0.423 e. The van der Waals surface area contributed by atoms with Gasteiger partial charge in [-0.05, 0) is 48.5 Å². The zero-order chi connectivity index (χ0) is 20.1. The number of rotatable bonds is 6. The summed E-state index contributed by atoms with van der Waals surface area (Å²) in [5.74, 6) is -0.289. The molecule has 28 heavy (non-hydrogen) atoms. The fourth-order valence-electron chi connectivity index (χ4n) is 2.78. The molecule has 0 saturated carbocycles. The van der Waals surface area contributed by atoms with E-state index in [4.69, 9.17) is 9.47 Å². The second-order valence-electron chi connectivity index (χ2n) is 6.23. The number of hydrogen-bond acceptors (Lipinski definition) is 6.